The van der Waals surface area contributed by atoms with Crippen LogP contribution in [0.3, 0.4) is 0 Å². The lowest BCUT2D eigenvalue weighted by molar-refractivity contribution is -0.137. The van der Waals surface area contributed by atoms with Crippen molar-refractivity contribution in [1.29, 1.82) is 0 Å². The number of methoxy groups -OCH3 is 1. The van der Waals surface area contributed by atoms with Gasteiger partial charge in [0.25, 0.3) is 0 Å². The molecule has 2 rings (SSSR count). The van der Waals surface area contributed by atoms with Crippen molar-refractivity contribution in [2.24, 2.45) is 5.92 Å². The molecule has 86 valence electrons. The average molecular weight is 224 g/mol. The van der Waals surface area contributed by atoms with E-state index in [0.717, 1.165) is 12.0 Å². The maximum Gasteiger partial charge on any atom is 0.303 e. The van der Waals surface area contributed by atoms with Gasteiger partial charge in [0.2, 0.25) is 0 Å². The highest BCUT2D eigenvalue weighted by atomic mass is 19.1. The molecule has 0 heterocycles. The standard InChI is InChI=1S/C12H13FO3/c1-16-11-3-2-7(5-10(11)13)9-4-8(9)6-12(14)15/h2-3,5,8-9H,4,6H2,1H3,(H,14,15). The van der Waals surface area contributed by atoms with Gasteiger partial charge in [-0.25, -0.2) is 4.39 Å². The summed E-state index contributed by atoms with van der Waals surface area (Å²) in [5.74, 6) is -0.608. The third-order valence-electron chi connectivity index (χ3n) is 2.96. The number of ether oxygens (including phenoxy) is 1. The van der Waals surface area contributed by atoms with Crippen LogP contribution in [0.1, 0.15) is 24.3 Å². The molecule has 3 nitrogen and oxygen atoms in total. The predicted molar refractivity (Wildman–Crippen MR) is 56.1 cm³/mol. The number of benzene rings is 1. The molecule has 1 aliphatic carbocycles. The summed E-state index contributed by atoms with van der Waals surface area (Å²) in [4.78, 5) is 10.5. The van der Waals surface area contributed by atoms with Crippen LogP contribution in [0.25, 0.3) is 0 Å². The number of carboxylic acid groups (broad SMARTS) is 1. The Labute approximate surface area is 92.9 Å². The molecule has 2 unspecified atom stereocenters. The van der Waals surface area contributed by atoms with E-state index in [1.807, 2.05) is 0 Å². The topological polar surface area (TPSA) is 46.5 Å². The maximum absolute atomic E-state index is 13.4. The summed E-state index contributed by atoms with van der Waals surface area (Å²) in [6.45, 7) is 0. The van der Waals surface area contributed by atoms with Crippen LogP contribution in [0.15, 0.2) is 18.2 Å². The van der Waals surface area contributed by atoms with E-state index in [9.17, 15) is 9.18 Å². The third kappa shape index (κ3) is 2.15. The van der Waals surface area contributed by atoms with Crippen LogP contribution in [-0.4, -0.2) is 18.2 Å². The van der Waals surface area contributed by atoms with E-state index in [4.69, 9.17) is 9.84 Å². The van der Waals surface area contributed by atoms with Crippen LogP contribution in [0, 0.1) is 11.7 Å². The Kier molecular flexibility index (Phi) is 2.81. The van der Waals surface area contributed by atoms with E-state index in [1.54, 1.807) is 12.1 Å². The number of halogens is 1. The lowest BCUT2D eigenvalue weighted by atomic mass is 10.1. The van der Waals surface area contributed by atoms with Gasteiger partial charge in [-0.05, 0) is 36.0 Å². The zero-order chi connectivity index (χ0) is 11.7. The molecule has 0 saturated heterocycles. The van der Waals surface area contributed by atoms with E-state index in [0.29, 0.717) is 0 Å². The Morgan fingerprint density at radius 1 is 1.62 bits per heavy atom. The third-order valence-corrected chi connectivity index (χ3v) is 2.96. The fourth-order valence-corrected chi connectivity index (χ4v) is 2.02. The highest BCUT2D eigenvalue weighted by Gasteiger charge is 2.39. The first-order valence-electron chi connectivity index (χ1n) is 5.17. The minimum atomic E-state index is -0.790. The number of carboxylic acids is 1. The second-order valence-electron chi connectivity index (χ2n) is 4.09. The van der Waals surface area contributed by atoms with Gasteiger partial charge in [-0.3, -0.25) is 4.79 Å². The summed E-state index contributed by atoms with van der Waals surface area (Å²) in [5, 5.41) is 8.63. The van der Waals surface area contributed by atoms with E-state index in [1.165, 1.54) is 13.2 Å². The van der Waals surface area contributed by atoms with Gasteiger partial charge in [-0.15, -0.1) is 0 Å². The largest absolute Gasteiger partial charge is 0.494 e. The molecule has 1 fully saturated rings. The number of rotatable bonds is 4. The molecule has 0 amide bonds. The second-order valence-corrected chi connectivity index (χ2v) is 4.09. The molecule has 0 bridgehead atoms. The molecule has 1 saturated carbocycles. The SMILES string of the molecule is COc1ccc(C2CC2CC(=O)O)cc1F. The van der Waals surface area contributed by atoms with Gasteiger partial charge in [-0.1, -0.05) is 6.07 Å². The van der Waals surface area contributed by atoms with E-state index in [-0.39, 0.29) is 29.8 Å². The zero-order valence-electron chi connectivity index (χ0n) is 8.94. The van der Waals surface area contributed by atoms with Crippen LogP contribution in [0.4, 0.5) is 4.39 Å². The molecule has 4 heteroatoms. The first-order chi connectivity index (χ1) is 7.61. The van der Waals surface area contributed by atoms with Crippen molar-refractivity contribution in [2.75, 3.05) is 7.11 Å². The quantitative estimate of drug-likeness (QED) is 0.854. The summed E-state index contributed by atoms with van der Waals surface area (Å²) in [7, 11) is 1.42. The van der Waals surface area contributed by atoms with Crippen LogP contribution in [0.5, 0.6) is 5.75 Å². The minimum Gasteiger partial charge on any atom is -0.494 e. The molecule has 0 radical (unpaired) electrons. The van der Waals surface area contributed by atoms with E-state index < -0.39 is 5.97 Å². The lowest BCUT2D eigenvalue weighted by Crippen LogP contribution is -1.97. The number of carbonyl (C=O) groups is 1. The van der Waals surface area contributed by atoms with Crippen molar-refractivity contribution in [1.82, 2.24) is 0 Å². The Hall–Kier alpha value is -1.58. The average Bonchev–Trinajstić information content (AvgIpc) is 2.96. The summed E-state index contributed by atoms with van der Waals surface area (Å²) < 4.78 is 18.2. The molecule has 1 aliphatic rings. The first-order valence-corrected chi connectivity index (χ1v) is 5.17. The molecular weight excluding hydrogens is 211 g/mol. The Balaban J connectivity index is 2.07. The van der Waals surface area contributed by atoms with Crippen LogP contribution < -0.4 is 4.74 Å². The Morgan fingerprint density at radius 3 is 2.94 bits per heavy atom. The second kappa shape index (κ2) is 4.12. The summed E-state index contributed by atoms with van der Waals surface area (Å²) in [6.07, 6.45) is 0.996. The smallest absolute Gasteiger partial charge is 0.303 e. The zero-order valence-corrected chi connectivity index (χ0v) is 8.94. The molecule has 0 spiro atoms. The first kappa shape index (κ1) is 10.9. The van der Waals surface area contributed by atoms with Crippen molar-refractivity contribution in [3.05, 3.63) is 29.6 Å². The highest BCUT2D eigenvalue weighted by Crippen LogP contribution is 2.49. The van der Waals surface area contributed by atoms with Crippen molar-refractivity contribution in [3.8, 4) is 5.75 Å². The fraction of sp³-hybridized carbons (Fsp3) is 0.417. The fourth-order valence-electron chi connectivity index (χ4n) is 2.02. The number of aliphatic carboxylic acids is 1. The summed E-state index contributed by atoms with van der Waals surface area (Å²) in [5.41, 5.74) is 0.865. The van der Waals surface area contributed by atoms with Crippen LogP contribution >= 0.6 is 0 Å². The molecule has 16 heavy (non-hydrogen) atoms. The molecule has 1 N–H and O–H groups in total. The lowest BCUT2D eigenvalue weighted by Gasteiger charge is -2.04. The minimum absolute atomic E-state index is 0.158. The highest BCUT2D eigenvalue weighted by molar-refractivity contribution is 5.67. The normalized spacial score (nSPS) is 22.9. The van der Waals surface area contributed by atoms with Crippen LogP contribution in [-0.2, 0) is 4.79 Å². The Morgan fingerprint density at radius 2 is 2.38 bits per heavy atom. The maximum atomic E-state index is 13.4. The van der Waals surface area contributed by atoms with Gasteiger partial charge >= 0.3 is 5.97 Å². The van der Waals surface area contributed by atoms with Gasteiger partial charge in [0.1, 0.15) is 0 Å². The monoisotopic (exact) mass is 224 g/mol. The molecule has 1 aromatic rings. The molecular formula is C12H13FO3. The molecule has 1 aromatic carbocycles. The van der Waals surface area contributed by atoms with Gasteiger partial charge in [0.15, 0.2) is 11.6 Å². The van der Waals surface area contributed by atoms with Gasteiger partial charge in [0, 0.05) is 6.42 Å². The van der Waals surface area contributed by atoms with Gasteiger partial charge < -0.3 is 9.84 Å². The van der Waals surface area contributed by atoms with Crippen molar-refractivity contribution in [3.63, 3.8) is 0 Å². The molecule has 2 atom stereocenters. The molecule has 0 aliphatic heterocycles. The summed E-state index contributed by atoms with van der Waals surface area (Å²) >= 11 is 0. The Bertz CT molecular complexity index is 417. The molecule has 0 aromatic heterocycles. The van der Waals surface area contributed by atoms with Gasteiger partial charge in [0.05, 0.1) is 7.11 Å². The number of hydrogen-bond donors (Lipinski definition) is 1. The van der Waals surface area contributed by atoms with Crippen molar-refractivity contribution in [2.45, 2.75) is 18.8 Å². The van der Waals surface area contributed by atoms with E-state index >= 15 is 0 Å². The van der Waals surface area contributed by atoms with Gasteiger partial charge in [-0.2, -0.15) is 0 Å². The predicted octanol–water partition coefficient (Wildman–Crippen LogP) is 2.41. The van der Waals surface area contributed by atoms with Crippen molar-refractivity contribution < 1.29 is 19.0 Å². The summed E-state index contributed by atoms with van der Waals surface area (Å²) in [6, 6.07) is 4.82. The van der Waals surface area contributed by atoms with Crippen molar-refractivity contribution >= 4 is 5.97 Å². The number of hydrogen-bond acceptors (Lipinski definition) is 2. The van der Waals surface area contributed by atoms with Crippen LogP contribution in [0.2, 0.25) is 0 Å². The van der Waals surface area contributed by atoms with E-state index in [2.05, 4.69) is 0 Å².